The fraction of sp³-hybridized carbons (Fsp3) is 0.455. The van der Waals surface area contributed by atoms with Crippen LogP contribution in [0.4, 0.5) is 0 Å². The molecule has 0 aliphatic carbocycles. The summed E-state index contributed by atoms with van der Waals surface area (Å²) in [6.45, 7) is 1.04. The SMILES string of the molecule is Cl.O[C@@H](c1ccccc1)[C@H]1CCCN1. The van der Waals surface area contributed by atoms with Crippen LogP contribution in [0.25, 0.3) is 0 Å². The second-order valence-electron chi connectivity index (χ2n) is 3.56. The molecule has 78 valence electrons. The molecule has 1 heterocycles. The van der Waals surface area contributed by atoms with Crippen LogP contribution in [0.3, 0.4) is 0 Å². The zero-order chi connectivity index (χ0) is 9.10. The third-order valence-corrected chi connectivity index (χ3v) is 2.62. The van der Waals surface area contributed by atoms with Gasteiger partial charge in [0.25, 0.3) is 0 Å². The summed E-state index contributed by atoms with van der Waals surface area (Å²) < 4.78 is 0. The molecule has 2 rings (SSSR count). The monoisotopic (exact) mass is 213 g/mol. The molecule has 1 fully saturated rings. The highest BCUT2D eigenvalue weighted by atomic mass is 35.5. The van der Waals surface area contributed by atoms with Crippen molar-refractivity contribution in [2.45, 2.75) is 25.0 Å². The molecular weight excluding hydrogens is 198 g/mol. The van der Waals surface area contributed by atoms with Crippen LogP contribution in [-0.4, -0.2) is 17.7 Å². The molecule has 2 atom stereocenters. The molecule has 14 heavy (non-hydrogen) atoms. The molecule has 1 aromatic rings. The Morgan fingerprint density at radius 1 is 1.29 bits per heavy atom. The van der Waals surface area contributed by atoms with Gasteiger partial charge in [0.15, 0.2) is 0 Å². The van der Waals surface area contributed by atoms with Crippen molar-refractivity contribution >= 4 is 12.4 Å². The number of aliphatic hydroxyl groups excluding tert-OH is 1. The zero-order valence-corrected chi connectivity index (χ0v) is 8.83. The summed E-state index contributed by atoms with van der Waals surface area (Å²) in [5.41, 5.74) is 1.02. The van der Waals surface area contributed by atoms with E-state index >= 15 is 0 Å². The zero-order valence-electron chi connectivity index (χ0n) is 8.02. The Morgan fingerprint density at radius 3 is 2.57 bits per heavy atom. The predicted molar refractivity (Wildman–Crippen MR) is 59.7 cm³/mol. The molecule has 1 aromatic carbocycles. The van der Waals surface area contributed by atoms with Crippen molar-refractivity contribution in [3.8, 4) is 0 Å². The first-order valence-electron chi connectivity index (χ1n) is 4.84. The molecule has 0 aromatic heterocycles. The summed E-state index contributed by atoms with van der Waals surface area (Å²) >= 11 is 0. The second-order valence-corrected chi connectivity index (χ2v) is 3.56. The van der Waals surface area contributed by atoms with E-state index < -0.39 is 0 Å². The van der Waals surface area contributed by atoms with E-state index in [1.807, 2.05) is 30.3 Å². The summed E-state index contributed by atoms with van der Waals surface area (Å²) in [5, 5.41) is 13.3. The largest absolute Gasteiger partial charge is 0.387 e. The maximum atomic E-state index is 9.96. The van der Waals surface area contributed by atoms with Crippen LogP contribution in [0.5, 0.6) is 0 Å². The van der Waals surface area contributed by atoms with E-state index in [2.05, 4.69) is 5.32 Å². The molecule has 1 aliphatic heterocycles. The van der Waals surface area contributed by atoms with Gasteiger partial charge in [0.2, 0.25) is 0 Å². The van der Waals surface area contributed by atoms with E-state index in [0.717, 1.165) is 18.5 Å². The molecule has 3 heteroatoms. The van der Waals surface area contributed by atoms with E-state index in [4.69, 9.17) is 0 Å². The number of halogens is 1. The highest BCUT2D eigenvalue weighted by Crippen LogP contribution is 2.22. The predicted octanol–water partition coefficient (Wildman–Crippen LogP) is 1.89. The lowest BCUT2D eigenvalue weighted by atomic mass is 10.0. The summed E-state index contributed by atoms with van der Waals surface area (Å²) in [7, 11) is 0. The Bertz CT molecular complexity index is 259. The lowest BCUT2D eigenvalue weighted by Gasteiger charge is -2.18. The minimum atomic E-state index is -0.344. The highest BCUT2D eigenvalue weighted by molar-refractivity contribution is 5.85. The van der Waals surface area contributed by atoms with Gasteiger partial charge in [0.1, 0.15) is 0 Å². The average molecular weight is 214 g/mol. The van der Waals surface area contributed by atoms with Crippen LogP contribution >= 0.6 is 12.4 Å². The number of nitrogens with one attached hydrogen (secondary N) is 1. The minimum Gasteiger partial charge on any atom is -0.387 e. The Balaban J connectivity index is 0.000000980. The maximum Gasteiger partial charge on any atom is 0.0942 e. The second kappa shape index (κ2) is 5.35. The first kappa shape index (κ1) is 11.5. The van der Waals surface area contributed by atoms with Gasteiger partial charge in [-0.05, 0) is 24.9 Å². The maximum absolute atomic E-state index is 9.96. The van der Waals surface area contributed by atoms with Crippen LogP contribution in [0.15, 0.2) is 30.3 Å². The van der Waals surface area contributed by atoms with Crippen molar-refractivity contribution in [2.24, 2.45) is 0 Å². The third kappa shape index (κ3) is 2.47. The van der Waals surface area contributed by atoms with E-state index in [0.29, 0.717) is 0 Å². The fourth-order valence-electron chi connectivity index (χ4n) is 1.86. The van der Waals surface area contributed by atoms with Crippen molar-refractivity contribution in [3.05, 3.63) is 35.9 Å². The van der Waals surface area contributed by atoms with Gasteiger partial charge in [-0.25, -0.2) is 0 Å². The van der Waals surface area contributed by atoms with Gasteiger partial charge >= 0.3 is 0 Å². The molecule has 2 N–H and O–H groups in total. The van der Waals surface area contributed by atoms with Crippen LogP contribution < -0.4 is 5.32 Å². The quantitative estimate of drug-likeness (QED) is 0.787. The summed E-state index contributed by atoms with van der Waals surface area (Å²) in [6.07, 6.45) is 1.91. The smallest absolute Gasteiger partial charge is 0.0942 e. The molecule has 0 unspecified atom stereocenters. The summed E-state index contributed by atoms with van der Waals surface area (Å²) in [6, 6.07) is 10.1. The molecule has 0 amide bonds. The van der Waals surface area contributed by atoms with E-state index in [1.165, 1.54) is 6.42 Å². The van der Waals surface area contributed by atoms with E-state index in [9.17, 15) is 5.11 Å². The number of hydrogen-bond donors (Lipinski definition) is 2. The average Bonchev–Trinajstić information content (AvgIpc) is 2.71. The van der Waals surface area contributed by atoms with Gasteiger partial charge < -0.3 is 10.4 Å². The van der Waals surface area contributed by atoms with E-state index in [-0.39, 0.29) is 24.6 Å². The van der Waals surface area contributed by atoms with Crippen molar-refractivity contribution in [1.29, 1.82) is 0 Å². The van der Waals surface area contributed by atoms with E-state index in [1.54, 1.807) is 0 Å². The third-order valence-electron chi connectivity index (χ3n) is 2.62. The van der Waals surface area contributed by atoms with Crippen molar-refractivity contribution in [2.75, 3.05) is 6.54 Å². The number of aliphatic hydroxyl groups is 1. The number of rotatable bonds is 2. The van der Waals surface area contributed by atoms with Crippen LogP contribution in [0, 0.1) is 0 Å². The molecule has 1 saturated heterocycles. The molecule has 2 nitrogen and oxygen atoms in total. The van der Waals surface area contributed by atoms with Crippen molar-refractivity contribution < 1.29 is 5.11 Å². The van der Waals surface area contributed by atoms with Gasteiger partial charge in [-0.1, -0.05) is 30.3 Å². The minimum absolute atomic E-state index is 0. The summed E-state index contributed by atoms with van der Waals surface area (Å²) in [5.74, 6) is 0. The van der Waals surface area contributed by atoms with Crippen LogP contribution in [-0.2, 0) is 0 Å². The van der Waals surface area contributed by atoms with Crippen molar-refractivity contribution in [1.82, 2.24) is 5.32 Å². The molecular formula is C11H16ClNO. The van der Waals surface area contributed by atoms with Gasteiger partial charge in [-0.2, -0.15) is 0 Å². The fourth-order valence-corrected chi connectivity index (χ4v) is 1.86. The van der Waals surface area contributed by atoms with Crippen LogP contribution in [0.1, 0.15) is 24.5 Å². The van der Waals surface area contributed by atoms with Gasteiger partial charge in [-0.15, -0.1) is 12.4 Å². The Hall–Kier alpha value is -0.570. The molecule has 0 spiro atoms. The molecule has 0 radical (unpaired) electrons. The first-order chi connectivity index (χ1) is 6.38. The molecule has 1 aliphatic rings. The van der Waals surface area contributed by atoms with Crippen molar-refractivity contribution in [3.63, 3.8) is 0 Å². The molecule has 0 bridgehead atoms. The normalized spacial score (nSPS) is 22.8. The first-order valence-corrected chi connectivity index (χ1v) is 4.84. The Morgan fingerprint density at radius 2 is 2.00 bits per heavy atom. The topological polar surface area (TPSA) is 32.3 Å². The standard InChI is InChI=1S/C11H15NO.ClH/c13-11(10-7-4-8-12-10)9-5-2-1-3-6-9;/h1-3,5-6,10-13H,4,7-8H2;1H/t10-,11+;/m1./s1. The highest BCUT2D eigenvalue weighted by Gasteiger charge is 2.23. The van der Waals surface area contributed by atoms with Gasteiger partial charge in [-0.3, -0.25) is 0 Å². The van der Waals surface area contributed by atoms with Gasteiger partial charge in [0.05, 0.1) is 6.10 Å². The molecule has 0 saturated carbocycles. The Labute approximate surface area is 90.7 Å². The Kier molecular flexibility index (Phi) is 4.39. The number of hydrogen-bond acceptors (Lipinski definition) is 2. The number of benzene rings is 1. The summed E-state index contributed by atoms with van der Waals surface area (Å²) in [4.78, 5) is 0. The van der Waals surface area contributed by atoms with Crippen LogP contribution in [0.2, 0.25) is 0 Å². The van der Waals surface area contributed by atoms with Gasteiger partial charge in [0, 0.05) is 6.04 Å². The lowest BCUT2D eigenvalue weighted by Crippen LogP contribution is -2.28. The lowest BCUT2D eigenvalue weighted by molar-refractivity contribution is 0.137.